The molecule has 146 valence electrons. The quantitative estimate of drug-likeness (QED) is 0.465. The predicted molar refractivity (Wildman–Crippen MR) is 102 cm³/mol. The summed E-state index contributed by atoms with van der Waals surface area (Å²) in [5.74, 6) is -1.45. The number of aliphatic carboxylic acids is 1. The van der Waals surface area contributed by atoms with Crippen molar-refractivity contribution < 1.29 is 50.5 Å². The molecule has 7 nitrogen and oxygen atoms in total. The number of benzene rings is 1. The number of fused-ring (bicyclic) bond motifs is 1. The van der Waals surface area contributed by atoms with Crippen molar-refractivity contribution >= 4 is 29.5 Å². The topological polar surface area (TPSA) is 90.0 Å². The average molecular weight is 413 g/mol. The maximum Gasteiger partial charge on any atom is 1.00 e. The van der Waals surface area contributed by atoms with Crippen LogP contribution in [0.1, 0.15) is 40.7 Å². The Hall–Kier alpha value is -1.06. The van der Waals surface area contributed by atoms with Crippen LogP contribution in [0.2, 0.25) is 0 Å². The van der Waals surface area contributed by atoms with Gasteiger partial charge in [0, 0.05) is 4.75 Å². The maximum absolute atomic E-state index is 13.2. The van der Waals surface area contributed by atoms with Gasteiger partial charge >= 0.3 is 35.5 Å². The molecule has 1 aromatic carbocycles. The largest absolute Gasteiger partial charge is 1.00 e. The zero-order valence-electron chi connectivity index (χ0n) is 17.7. The molecule has 0 aliphatic carbocycles. The number of hydrogen-bond donors (Lipinski definition) is 2. The number of rotatable bonds is 3. The van der Waals surface area contributed by atoms with Gasteiger partial charge in [0.1, 0.15) is 23.5 Å². The second-order valence-electron chi connectivity index (χ2n) is 8.30. The first-order valence-electron chi connectivity index (χ1n) is 8.95. The second kappa shape index (κ2) is 7.02. The molecule has 3 heterocycles. The van der Waals surface area contributed by atoms with E-state index in [1.54, 1.807) is 4.90 Å². The first-order valence-corrected chi connectivity index (χ1v) is 9.83. The number of nitrogens with zero attached hydrogens (tertiary/aromatic N) is 2. The van der Waals surface area contributed by atoms with Crippen LogP contribution < -0.4 is 34.9 Å². The molecule has 0 aromatic heterocycles. The molecule has 2 amide bonds. The van der Waals surface area contributed by atoms with Crippen molar-refractivity contribution in [3.8, 4) is 0 Å². The molecule has 3 aliphatic heterocycles. The summed E-state index contributed by atoms with van der Waals surface area (Å²) in [6.07, 6.45) is 0. The summed E-state index contributed by atoms with van der Waals surface area (Å²) in [4.78, 5) is 40.9. The fourth-order valence-electron chi connectivity index (χ4n) is 4.49. The van der Waals surface area contributed by atoms with Gasteiger partial charge in [-0.2, -0.15) is 0 Å². The molecule has 3 fully saturated rings. The SMILES string of the molecule is CC1(C)S[C@@H]2[C@H](N3C(=O)C(c4ccccc4)NC3(C)C)C(=O)N2[C@H]1C(=O)O.[H-].[Na+]. The number of carbonyl (C=O) groups is 3. The maximum atomic E-state index is 13.2. The van der Waals surface area contributed by atoms with Gasteiger partial charge in [-0.3, -0.25) is 14.9 Å². The third-order valence-corrected chi connectivity index (χ3v) is 7.20. The molecule has 4 atom stereocenters. The molecule has 0 saturated carbocycles. The van der Waals surface area contributed by atoms with Crippen molar-refractivity contribution in [2.75, 3.05) is 0 Å². The van der Waals surface area contributed by atoms with E-state index in [2.05, 4.69) is 5.32 Å². The van der Waals surface area contributed by atoms with Crippen molar-refractivity contribution in [1.82, 2.24) is 15.1 Å². The molecule has 9 heteroatoms. The third kappa shape index (κ3) is 3.01. The van der Waals surface area contributed by atoms with E-state index >= 15 is 0 Å². The molecular weight excluding hydrogens is 389 g/mol. The van der Waals surface area contributed by atoms with Gasteiger partial charge in [0.05, 0.1) is 5.66 Å². The minimum Gasteiger partial charge on any atom is -1.00 e. The molecule has 3 saturated heterocycles. The molecule has 0 radical (unpaired) electrons. The van der Waals surface area contributed by atoms with Crippen LogP contribution in [0.3, 0.4) is 0 Å². The molecule has 0 bridgehead atoms. The van der Waals surface area contributed by atoms with E-state index in [1.807, 2.05) is 58.0 Å². The standard InChI is InChI=1S/C19H23N3O4S.Na.H/c1-18(2)13(17(25)26)21-15(24)12(16(21)27-18)22-14(23)11(20-19(22,3)4)10-8-6-5-7-9-10;;/h5-9,11-13,16,20H,1-4H3,(H,25,26);;/q;+1;-1/t11?,12-,13+,16-;;/m1../s1. The van der Waals surface area contributed by atoms with E-state index < -0.39 is 34.5 Å². The molecule has 3 aliphatic rings. The number of thioether (sulfide) groups is 1. The molecular formula is C19H24N3NaO4S. The first kappa shape index (κ1) is 21.6. The van der Waals surface area contributed by atoms with Gasteiger partial charge in [-0.05, 0) is 33.3 Å². The number of carbonyl (C=O) groups excluding carboxylic acids is 2. The van der Waals surface area contributed by atoms with Crippen LogP contribution >= 0.6 is 11.8 Å². The van der Waals surface area contributed by atoms with Crippen LogP contribution in [0.5, 0.6) is 0 Å². The first-order chi connectivity index (χ1) is 12.6. The minimum absolute atomic E-state index is 0. The molecule has 1 aromatic rings. The summed E-state index contributed by atoms with van der Waals surface area (Å²) in [7, 11) is 0. The number of β-lactam (4-membered cyclic amide) rings is 1. The summed E-state index contributed by atoms with van der Waals surface area (Å²) in [6.45, 7) is 7.43. The zero-order chi connectivity index (χ0) is 19.7. The van der Waals surface area contributed by atoms with Crippen molar-refractivity contribution in [1.29, 1.82) is 0 Å². The van der Waals surface area contributed by atoms with E-state index in [9.17, 15) is 19.5 Å². The van der Waals surface area contributed by atoms with Gasteiger partial charge in [-0.1, -0.05) is 30.3 Å². The van der Waals surface area contributed by atoms with Crippen LogP contribution in [0, 0.1) is 0 Å². The van der Waals surface area contributed by atoms with E-state index in [0.29, 0.717) is 0 Å². The van der Waals surface area contributed by atoms with Gasteiger partial charge < -0.3 is 16.3 Å². The minimum atomic E-state index is -1.01. The van der Waals surface area contributed by atoms with Crippen LogP contribution in [0.15, 0.2) is 30.3 Å². The zero-order valence-corrected chi connectivity index (χ0v) is 19.5. The van der Waals surface area contributed by atoms with Crippen LogP contribution in [-0.4, -0.2) is 60.6 Å². The van der Waals surface area contributed by atoms with Gasteiger partial charge in [0.15, 0.2) is 0 Å². The summed E-state index contributed by atoms with van der Waals surface area (Å²) >= 11 is 1.46. The van der Waals surface area contributed by atoms with Gasteiger partial charge in [0.2, 0.25) is 11.8 Å². The van der Waals surface area contributed by atoms with Crippen LogP contribution in [0.4, 0.5) is 0 Å². The Bertz CT molecular complexity index is 838. The van der Waals surface area contributed by atoms with Crippen molar-refractivity contribution in [3.05, 3.63) is 35.9 Å². The Kier molecular flexibility index (Phi) is 5.43. The van der Waals surface area contributed by atoms with E-state index in [-0.39, 0.29) is 48.2 Å². The second-order valence-corrected chi connectivity index (χ2v) is 10.1. The smallest absolute Gasteiger partial charge is 1.00 e. The van der Waals surface area contributed by atoms with Gasteiger partial charge in [-0.25, -0.2) is 4.79 Å². The number of nitrogens with one attached hydrogen (secondary N) is 1. The van der Waals surface area contributed by atoms with Crippen molar-refractivity contribution in [2.24, 2.45) is 0 Å². The summed E-state index contributed by atoms with van der Waals surface area (Å²) in [5.41, 5.74) is 0.139. The van der Waals surface area contributed by atoms with Gasteiger partial charge in [-0.15, -0.1) is 11.8 Å². The predicted octanol–water partition coefficient (Wildman–Crippen LogP) is -1.47. The Morgan fingerprint density at radius 1 is 1.14 bits per heavy atom. The van der Waals surface area contributed by atoms with E-state index in [1.165, 1.54) is 16.7 Å². The average Bonchev–Trinajstić information content (AvgIpc) is 2.98. The molecule has 28 heavy (non-hydrogen) atoms. The van der Waals surface area contributed by atoms with Crippen molar-refractivity contribution in [3.63, 3.8) is 0 Å². The molecule has 2 N–H and O–H groups in total. The summed E-state index contributed by atoms with van der Waals surface area (Å²) in [5, 5.41) is 12.6. The Balaban J connectivity index is 0.00000150. The summed E-state index contributed by atoms with van der Waals surface area (Å²) in [6, 6.07) is 7.37. The number of amides is 2. The number of carboxylic acids is 1. The fraction of sp³-hybridized carbons (Fsp3) is 0.526. The van der Waals surface area contributed by atoms with Crippen molar-refractivity contribution in [2.45, 2.75) is 61.6 Å². The number of hydrogen-bond acceptors (Lipinski definition) is 5. The number of carboxylic acid groups (broad SMARTS) is 1. The van der Waals surface area contributed by atoms with Crippen LogP contribution in [0.25, 0.3) is 0 Å². The van der Waals surface area contributed by atoms with E-state index in [0.717, 1.165) is 5.56 Å². The van der Waals surface area contributed by atoms with Gasteiger partial charge in [0.25, 0.3) is 0 Å². The van der Waals surface area contributed by atoms with Crippen LogP contribution in [-0.2, 0) is 14.4 Å². The van der Waals surface area contributed by atoms with E-state index in [4.69, 9.17) is 0 Å². The summed E-state index contributed by atoms with van der Waals surface area (Å²) < 4.78 is -0.611. The Labute approximate surface area is 192 Å². The normalized spacial score (nSPS) is 32.6. The third-order valence-electron chi connectivity index (χ3n) is 5.64. The molecule has 4 rings (SSSR count). The Morgan fingerprint density at radius 2 is 1.75 bits per heavy atom. The molecule has 1 unspecified atom stereocenters. The molecule has 0 spiro atoms. The Morgan fingerprint density at radius 3 is 2.32 bits per heavy atom. The fourth-order valence-corrected chi connectivity index (χ4v) is 6.16. The monoisotopic (exact) mass is 413 g/mol.